The Labute approximate surface area is 92.8 Å². The molecule has 4 nitrogen and oxygen atoms in total. The zero-order chi connectivity index (χ0) is 11.0. The number of hydrogen-bond donors (Lipinski definition) is 0. The minimum atomic E-state index is -0.379. The minimum Gasteiger partial charge on any atom is -0.444 e. The van der Waals surface area contributed by atoms with Gasteiger partial charge in [0.1, 0.15) is 12.0 Å². The Hall–Kier alpha value is -1.65. The molecular formula is C12H11NO3. The molecule has 1 fully saturated rings. The van der Waals surface area contributed by atoms with Gasteiger partial charge in [0.25, 0.3) is 0 Å². The average Bonchev–Trinajstić information content (AvgIpc) is 2.75. The van der Waals surface area contributed by atoms with Gasteiger partial charge in [0, 0.05) is 5.56 Å². The predicted molar refractivity (Wildman–Crippen MR) is 56.3 cm³/mol. The molecule has 1 aliphatic rings. The molecular weight excluding hydrogens is 206 g/mol. The van der Waals surface area contributed by atoms with Gasteiger partial charge in [0.2, 0.25) is 12.2 Å². The van der Waals surface area contributed by atoms with Crippen LogP contribution in [0.1, 0.15) is 18.9 Å². The largest absolute Gasteiger partial charge is 0.444 e. The summed E-state index contributed by atoms with van der Waals surface area (Å²) in [7, 11) is 0. The van der Waals surface area contributed by atoms with Gasteiger partial charge in [0.15, 0.2) is 6.29 Å². The van der Waals surface area contributed by atoms with E-state index in [1.165, 1.54) is 0 Å². The van der Waals surface area contributed by atoms with E-state index in [9.17, 15) is 0 Å². The van der Waals surface area contributed by atoms with E-state index in [0.717, 1.165) is 5.56 Å². The van der Waals surface area contributed by atoms with E-state index in [1.54, 1.807) is 6.26 Å². The number of ether oxygens (including phenoxy) is 2. The van der Waals surface area contributed by atoms with E-state index in [2.05, 4.69) is 4.98 Å². The van der Waals surface area contributed by atoms with Crippen molar-refractivity contribution in [1.29, 1.82) is 0 Å². The van der Waals surface area contributed by atoms with Crippen molar-refractivity contribution in [3.63, 3.8) is 0 Å². The smallest absolute Gasteiger partial charge is 0.226 e. The Morgan fingerprint density at radius 1 is 1.12 bits per heavy atom. The van der Waals surface area contributed by atoms with Gasteiger partial charge in [-0.2, -0.15) is 0 Å². The molecule has 0 aliphatic carbocycles. The molecule has 4 heteroatoms. The fraction of sp³-hybridized carbons (Fsp3) is 0.250. The van der Waals surface area contributed by atoms with Crippen LogP contribution in [0.25, 0.3) is 11.5 Å². The zero-order valence-corrected chi connectivity index (χ0v) is 8.79. The van der Waals surface area contributed by atoms with Gasteiger partial charge >= 0.3 is 0 Å². The topological polar surface area (TPSA) is 44.5 Å². The fourth-order valence-corrected chi connectivity index (χ4v) is 1.61. The Balaban J connectivity index is 1.83. The second kappa shape index (κ2) is 3.73. The highest BCUT2D eigenvalue weighted by Crippen LogP contribution is 2.32. The maximum atomic E-state index is 5.37. The summed E-state index contributed by atoms with van der Waals surface area (Å²) in [4.78, 5) is 4.32. The van der Waals surface area contributed by atoms with Gasteiger partial charge in [-0.05, 0) is 19.1 Å². The van der Waals surface area contributed by atoms with Gasteiger partial charge < -0.3 is 13.9 Å². The average molecular weight is 217 g/mol. The summed E-state index contributed by atoms with van der Waals surface area (Å²) in [6.07, 6.45) is 1.04. The molecule has 2 aromatic rings. The molecule has 2 heterocycles. The molecule has 0 saturated carbocycles. The van der Waals surface area contributed by atoms with Crippen molar-refractivity contribution in [2.24, 2.45) is 0 Å². The summed E-state index contributed by atoms with van der Waals surface area (Å²) >= 11 is 0. The van der Waals surface area contributed by atoms with Gasteiger partial charge in [-0.15, -0.1) is 0 Å². The molecule has 1 saturated heterocycles. The highest BCUT2D eigenvalue weighted by atomic mass is 16.9. The quantitative estimate of drug-likeness (QED) is 0.775. The Morgan fingerprint density at radius 3 is 2.56 bits per heavy atom. The number of oxazole rings is 1. The van der Waals surface area contributed by atoms with Crippen molar-refractivity contribution in [1.82, 2.24) is 4.98 Å². The molecule has 1 aromatic carbocycles. The zero-order valence-electron chi connectivity index (χ0n) is 8.79. The van der Waals surface area contributed by atoms with E-state index in [-0.39, 0.29) is 12.6 Å². The Kier molecular flexibility index (Phi) is 2.23. The van der Waals surface area contributed by atoms with Crippen molar-refractivity contribution in [3.05, 3.63) is 42.3 Å². The van der Waals surface area contributed by atoms with Crippen molar-refractivity contribution in [2.75, 3.05) is 0 Å². The van der Waals surface area contributed by atoms with Crippen molar-refractivity contribution >= 4 is 0 Å². The van der Waals surface area contributed by atoms with Gasteiger partial charge in [0.05, 0.1) is 0 Å². The van der Waals surface area contributed by atoms with Crippen LogP contribution in [-0.4, -0.2) is 11.3 Å². The summed E-state index contributed by atoms with van der Waals surface area (Å²) in [6.45, 7) is 1.84. The van der Waals surface area contributed by atoms with Crippen LogP contribution in [0.2, 0.25) is 0 Å². The molecule has 16 heavy (non-hydrogen) atoms. The van der Waals surface area contributed by atoms with Crippen LogP contribution in [-0.2, 0) is 9.47 Å². The monoisotopic (exact) mass is 217 g/mol. The molecule has 1 aromatic heterocycles. The van der Waals surface area contributed by atoms with Crippen LogP contribution in [0, 0.1) is 0 Å². The first-order chi connectivity index (χ1) is 7.83. The lowest BCUT2D eigenvalue weighted by atomic mass is 10.2. The first kappa shape index (κ1) is 9.57. The molecule has 0 spiro atoms. The van der Waals surface area contributed by atoms with Gasteiger partial charge in [-0.25, -0.2) is 4.98 Å². The highest BCUT2D eigenvalue weighted by Gasteiger charge is 2.31. The van der Waals surface area contributed by atoms with Crippen LogP contribution >= 0.6 is 0 Å². The van der Waals surface area contributed by atoms with Gasteiger partial charge in [-0.1, -0.05) is 18.2 Å². The lowest BCUT2D eigenvalue weighted by Gasteiger charge is -2.31. The number of benzene rings is 1. The molecule has 0 bridgehead atoms. The fourth-order valence-electron chi connectivity index (χ4n) is 1.61. The number of aromatic nitrogens is 1. The summed E-state index contributed by atoms with van der Waals surface area (Å²) in [5.74, 6) is 0.586. The molecule has 1 aliphatic heterocycles. The molecule has 82 valence electrons. The molecule has 0 N–H and O–H groups in total. The van der Waals surface area contributed by atoms with E-state index < -0.39 is 0 Å². The Bertz CT molecular complexity index is 474. The first-order valence-corrected chi connectivity index (χ1v) is 5.15. The van der Waals surface area contributed by atoms with E-state index in [4.69, 9.17) is 13.9 Å². The van der Waals surface area contributed by atoms with Crippen molar-refractivity contribution in [2.45, 2.75) is 19.5 Å². The molecule has 0 atom stereocenters. The highest BCUT2D eigenvalue weighted by molar-refractivity contribution is 5.52. The lowest BCUT2D eigenvalue weighted by Crippen LogP contribution is -2.31. The van der Waals surface area contributed by atoms with Gasteiger partial charge in [-0.3, -0.25) is 0 Å². The summed E-state index contributed by atoms with van der Waals surface area (Å²) in [5.41, 5.74) is 1.62. The molecule has 3 rings (SSSR count). The summed E-state index contributed by atoms with van der Waals surface area (Å²) < 4.78 is 16.0. The van der Waals surface area contributed by atoms with E-state index >= 15 is 0 Å². The molecule has 0 unspecified atom stereocenters. The van der Waals surface area contributed by atoms with Crippen LogP contribution < -0.4 is 0 Å². The van der Waals surface area contributed by atoms with Crippen LogP contribution in [0.15, 0.2) is 41.0 Å². The maximum absolute atomic E-state index is 5.37. The second-order valence-corrected chi connectivity index (χ2v) is 3.62. The molecule has 0 amide bonds. The van der Waals surface area contributed by atoms with Crippen LogP contribution in [0.5, 0.6) is 0 Å². The Morgan fingerprint density at radius 2 is 1.88 bits per heavy atom. The van der Waals surface area contributed by atoms with Crippen molar-refractivity contribution in [3.8, 4) is 11.5 Å². The lowest BCUT2D eigenvalue weighted by molar-refractivity contribution is -0.383. The third-order valence-electron chi connectivity index (χ3n) is 2.41. The maximum Gasteiger partial charge on any atom is 0.226 e. The third kappa shape index (κ3) is 1.62. The number of nitrogens with zero attached hydrogens (tertiary/aromatic N) is 1. The first-order valence-electron chi connectivity index (χ1n) is 5.15. The van der Waals surface area contributed by atoms with Crippen molar-refractivity contribution < 1.29 is 13.9 Å². The van der Waals surface area contributed by atoms with Crippen LogP contribution in [0.3, 0.4) is 0 Å². The number of rotatable bonds is 2. The predicted octanol–water partition coefficient (Wildman–Crippen LogP) is 2.73. The van der Waals surface area contributed by atoms with Crippen LogP contribution in [0.4, 0.5) is 0 Å². The third-order valence-corrected chi connectivity index (χ3v) is 2.41. The number of hydrogen-bond acceptors (Lipinski definition) is 4. The minimum absolute atomic E-state index is 0.151. The summed E-state index contributed by atoms with van der Waals surface area (Å²) in [5, 5.41) is 0. The SMILES string of the molecule is CC1OC(c2coc(-c3ccccc3)n2)O1. The summed E-state index contributed by atoms with van der Waals surface area (Å²) in [6, 6.07) is 9.73. The van der Waals surface area contributed by atoms with E-state index in [0.29, 0.717) is 11.6 Å². The standard InChI is InChI=1S/C12H11NO3/c1-8-15-12(16-8)10-7-14-11(13-10)9-5-3-2-4-6-9/h2-8,12H,1H3. The molecule has 0 radical (unpaired) electrons. The second-order valence-electron chi connectivity index (χ2n) is 3.62. The normalized spacial score (nSPS) is 24.1. The van der Waals surface area contributed by atoms with E-state index in [1.807, 2.05) is 37.3 Å².